The van der Waals surface area contributed by atoms with Gasteiger partial charge < -0.3 is 38.6 Å². The molecule has 0 saturated carbocycles. The predicted octanol–water partition coefficient (Wildman–Crippen LogP) is 0.998. The van der Waals surface area contributed by atoms with E-state index in [-0.39, 0.29) is 19.2 Å². The minimum absolute atomic E-state index is 0.00782. The monoisotopic (exact) mass is 495 g/mol. The van der Waals surface area contributed by atoms with Crippen LogP contribution in [0.5, 0.6) is 5.75 Å². The quantitative estimate of drug-likeness (QED) is 0.337. The van der Waals surface area contributed by atoms with Gasteiger partial charge >= 0.3 is 14.5 Å². The van der Waals surface area contributed by atoms with Gasteiger partial charge in [-0.15, -0.1) is 0 Å². The lowest BCUT2D eigenvalue weighted by Crippen LogP contribution is -2.56. The van der Waals surface area contributed by atoms with E-state index in [1.54, 1.807) is 30.2 Å². The fraction of sp³-hybridized carbons (Fsp3) is 0.545. The first-order valence-electron chi connectivity index (χ1n) is 11.1. The van der Waals surface area contributed by atoms with Crippen LogP contribution in [0.4, 0.5) is 0 Å². The van der Waals surface area contributed by atoms with E-state index < -0.39 is 44.6 Å². The van der Waals surface area contributed by atoms with Gasteiger partial charge in [-0.1, -0.05) is 18.2 Å². The van der Waals surface area contributed by atoms with Gasteiger partial charge in [0.1, 0.15) is 29.6 Å². The summed E-state index contributed by atoms with van der Waals surface area (Å²) >= 11 is 0. The molecule has 3 heterocycles. The number of carbonyl (C=O) groups excluding carboxylic acids is 2. The highest BCUT2D eigenvalue weighted by molar-refractivity contribution is 7.45. The van der Waals surface area contributed by atoms with Crippen molar-refractivity contribution in [2.45, 2.75) is 49.8 Å². The molecule has 0 aromatic heterocycles. The molecule has 1 amide bonds. The van der Waals surface area contributed by atoms with Crippen molar-refractivity contribution in [1.82, 2.24) is 15.3 Å². The van der Waals surface area contributed by atoms with E-state index in [1.165, 1.54) is 13.2 Å². The first-order chi connectivity index (χ1) is 16.4. The molecule has 186 valence electrons. The number of aliphatic hydroxyl groups excluding tert-OH is 1. The van der Waals surface area contributed by atoms with Crippen LogP contribution in [0.15, 0.2) is 42.6 Å². The lowest BCUT2D eigenvalue weighted by atomic mass is 9.90. The molecule has 3 aliphatic rings. The first kappa shape index (κ1) is 24.8. The van der Waals surface area contributed by atoms with E-state index in [0.29, 0.717) is 18.8 Å². The Hall–Kier alpha value is -2.27. The normalized spacial score (nSPS) is 30.3. The Bertz CT molecular complexity index is 882. The highest BCUT2D eigenvalue weighted by atomic mass is 31.2. The third kappa shape index (κ3) is 5.35. The number of carbonyl (C=O) groups is 2. The van der Waals surface area contributed by atoms with Crippen LogP contribution in [-0.2, 0) is 28.3 Å². The number of hydrogen-bond donors (Lipinski definition) is 3. The number of esters is 1. The molecule has 6 atom stereocenters. The minimum atomic E-state index is -1.78. The van der Waals surface area contributed by atoms with Crippen molar-refractivity contribution in [2.75, 3.05) is 27.0 Å². The molecule has 12 heteroatoms. The van der Waals surface area contributed by atoms with E-state index in [4.69, 9.17) is 23.3 Å². The number of para-hydroxylation sites is 1. The van der Waals surface area contributed by atoms with Crippen molar-refractivity contribution in [3.63, 3.8) is 0 Å². The van der Waals surface area contributed by atoms with Gasteiger partial charge in [0.05, 0.1) is 20.4 Å². The molecule has 11 nitrogen and oxygen atoms in total. The average Bonchev–Trinajstić information content (AvgIpc) is 3.44. The maximum atomic E-state index is 11.9. The Morgan fingerprint density at radius 2 is 2.21 bits per heavy atom. The van der Waals surface area contributed by atoms with Crippen LogP contribution >= 0.6 is 8.53 Å². The van der Waals surface area contributed by atoms with Crippen LogP contribution in [0.3, 0.4) is 0 Å². The van der Waals surface area contributed by atoms with Crippen LogP contribution in [0.2, 0.25) is 0 Å². The fourth-order valence-electron chi connectivity index (χ4n) is 4.22. The zero-order valence-corrected chi connectivity index (χ0v) is 20.0. The predicted molar refractivity (Wildman–Crippen MR) is 121 cm³/mol. The highest BCUT2D eigenvalue weighted by Crippen LogP contribution is 2.45. The molecule has 1 spiro atoms. The summed E-state index contributed by atoms with van der Waals surface area (Å²) < 4.78 is 29.0. The van der Waals surface area contributed by atoms with Crippen molar-refractivity contribution >= 4 is 20.4 Å². The van der Waals surface area contributed by atoms with Gasteiger partial charge in [-0.2, -0.15) is 0 Å². The number of hydrogen-bond acceptors (Lipinski definition) is 10. The first-order valence-corrected chi connectivity index (χ1v) is 12.3. The van der Waals surface area contributed by atoms with Gasteiger partial charge in [-0.05, 0) is 31.9 Å². The SMILES string of the molecule is COC(=O)[C@H](C)NP(OCC1OC(N2C=CC(=O)NC2)[C@]2(CCCO2)[C@@H]1O)Oc1ccccc1. The van der Waals surface area contributed by atoms with Gasteiger partial charge in [-0.3, -0.25) is 9.59 Å². The molecule has 4 rings (SSSR count). The standard InChI is InChI=1S/C22H30N3O8P/c1-15(20(28)29-2)24-34(33-16-7-4-3-5-8-16)31-13-17-19(27)22(10-6-12-30-22)21(32-17)25-11-9-18(26)23-14-25/h3-5,7-9,11,15,17,19,21,24,27H,6,10,12-14H2,1-2H3,(H,23,26)/t15-,17?,19+,21?,22-,34?/m0/s1. The number of nitrogens with one attached hydrogen (secondary N) is 2. The van der Waals surface area contributed by atoms with Gasteiger partial charge in [0.25, 0.3) is 0 Å². The number of amides is 1. The molecule has 0 bridgehead atoms. The molecular formula is C22H30N3O8P. The van der Waals surface area contributed by atoms with Crippen LogP contribution < -0.4 is 14.9 Å². The summed E-state index contributed by atoms with van der Waals surface area (Å²) in [6.45, 7) is 2.39. The van der Waals surface area contributed by atoms with Crippen LogP contribution in [0, 0.1) is 0 Å². The summed E-state index contributed by atoms with van der Waals surface area (Å²) in [5, 5.41) is 17.0. The topological polar surface area (TPSA) is 128 Å². The summed E-state index contributed by atoms with van der Waals surface area (Å²) in [6, 6.07) is 8.40. The summed E-state index contributed by atoms with van der Waals surface area (Å²) in [7, 11) is -0.467. The molecule has 3 aliphatic heterocycles. The molecular weight excluding hydrogens is 465 g/mol. The lowest BCUT2D eigenvalue weighted by molar-refractivity contribution is -0.143. The zero-order valence-electron chi connectivity index (χ0n) is 19.1. The van der Waals surface area contributed by atoms with E-state index in [1.807, 2.05) is 18.2 Å². The zero-order chi connectivity index (χ0) is 24.1. The molecule has 2 fully saturated rings. The summed E-state index contributed by atoms with van der Waals surface area (Å²) in [5.41, 5.74) is -0.934. The minimum Gasteiger partial charge on any atom is -0.468 e. The van der Waals surface area contributed by atoms with E-state index in [0.717, 1.165) is 6.42 Å². The highest BCUT2D eigenvalue weighted by Gasteiger charge is 2.60. The lowest BCUT2D eigenvalue weighted by Gasteiger charge is -2.38. The molecule has 2 saturated heterocycles. The molecule has 1 aromatic rings. The second kappa shape index (κ2) is 11.0. The number of benzene rings is 1. The van der Waals surface area contributed by atoms with Crippen molar-refractivity contribution < 1.29 is 38.0 Å². The fourth-order valence-corrected chi connectivity index (χ4v) is 5.41. The number of nitrogens with zero attached hydrogens (tertiary/aromatic N) is 1. The third-order valence-corrected chi connectivity index (χ3v) is 7.31. The summed E-state index contributed by atoms with van der Waals surface area (Å²) in [6.07, 6.45) is 2.19. The maximum absolute atomic E-state index is 11.9. The van der Waals surface area contributed by atoms with Gasteiger partial charge in [0.2, 0.25) is 5.91 Å². The van der Waals surface area contributed by atoms with Crippen molar-refractivity contribution in [2.24, 2.45) is 0 Å². The smallest absolute Gasteiger partial charge is 0.323 e. The Labute approximate surface area is 199 Å². The Balaban J connectivity index is 1.46. The molecule has 1 aromatic carbocycles. The van der Waals surface area contributed by atoms with E-state index in [9.17, 15) is 14.7 Å². The number of rotatable bonds is 9. The van der Waals surface area contributed by atoms with Gasteiger partial charge in [0, 0.05) is 18.9 Å². The summed E-state index contributed by atoms with van der Waals surface area (Å²) in [4.78, 5) is 25.2. The average molecular weight is 495 g/mol. The maximum Gasteiger partial charge on any atom is 0.323 e. The second-order valence-electron chi connectivity index (χ2n) is 8.24. The van der Waals surface area contributed by atoms with E-state index >= 15 is 0 Å². The Morgan fingerprint density at radius 3 is 2.85 bits per heavy atom. The van der Waals surface area contributed by atoms with Gasteiger partial charge in [-0.25, -0.2) is 5.09 Å². The van der Waals surface area contributed by atoms with Crippen LogP contribution in [-0.4, -0.2) is 79.0 Å². The second-order valence-corrected chi connectivity index (χ2v) is 9.45. The molecule has 34 heavy (non-hydrogen) atoms. The van der Waals surface area contributed by atoms with Crippen LogP contribution in [0.1, 0.15) is 19.8 Å². The molecule has 0 aliphatic carbocycles. The Morgan fingerprint density at radius 1 is 1.41 bits per heavy atom. The van der Waals surface area contributed by atoms with Gasteiger partial charge in [0.15, 0.2) is 6.23 Å². The van der Waals surface area contributed by atoms with Crippen molar-refractivity contribution in [3.05, 3.63) is 42.6 Å². The largest absolute Gasteiger partial charge is 0.468 e. The molecule has 3 N–H and O–H groups in total. The van der Waals surface area contributed by atoms with E-state index in [2.05, 4.69) is 10.4 Å². The number of ether oxygens (including phenoxy) is 3. The molecule has 3 unspecified atom stereocenters. The molecule has 0 radical (unpaired) electrons. The number of aliphatic hydroxyl groups is 1. The van der Waals surface area contributed by atoms with Crippen molar-refractivity contribution in [3.8, 4) is 5.75 Å². The Kier molecular flexibility index (Phi) is 8.02. The van der Waals surface area contributed by atoms with Crippen LogP contribution in [0.25, 0.3) is 0 Å². The summed E-state index contributed by atoms with van der Waals surface area (Å²) in [5.74, 6) is -0.0819. The third-order valence-electron chi connectivity index (χ3n) is 5.95. The number of methoxy groups -OCH3 is 1. The van der Waals surface area contributed by atoms with Crippen molar-refractivity contribution in [1.29, 1.82) is 0 Å².